The van der Waals surface area contributed by atoms with E-state index in [1.165, 1.54) is 18.5 Å². The Kier molecular flexibility index (Phi) is 9.26. The summed E-state index contributed by atoms with van der Waals surface area (Å²) in [5.74, 6) is 0.947. The van der Waals surface area contributed by atoms with Gasteiger partial charge in [-0.05, 0) is 36.8 Å². The number of hydrogen-bond acceptors (Lipinski definition) is 3. The predicted molar refractivity (Wildman–Crippen MR) is 103 cm³/mol. The SMILES string of the molecule is CCCN=C(NCC)NCCN1CCc2sccc2C1.I. The molecule has 1 aliphatic heterocycles. The van der Waals surface area contributed by atoms with Gasteiger partial charge in [0.1, 0.15) is 0 Å². The average Bonchev–Trinajstić information content (AvgIpc) is 2.92. The number of rotatable bonds is 6. The normalized spacial score (nSPS) is 15.2. The average molecular weight is 422 g/mol. The van der Waals surface area contributed by atoms with Gasteiger partial charge in [0.2, 0.25) is 0 Å². The van der Waals surface area contributed by atoms with Crippen molar-refractivity contribution < 1.29 is 0 Å². The molecule has 0 aromatic carbocycles. The van der Waals surface area contributed by atoms with Crippen LogP contribution in [0.2, 0.25) is 0 Å². The summed E-state index contributed by atoms with van der Waals surface area (Å²) >= 11 is 1.90. The van der Waals surface area contributed by atoms with Gasteiger partial charge in [-0.1, -0.05) is 6.92 Å². The van der Waals surface area contributed by atoms with Crippen LogP contribution in [-0.4, -0.2) is 43.6 Å². The third-order valence-corrected chi connectivity index (χ3v) is 4.47. The second kappa shape index (κ2) is 10.4. The van der Waals surface area contributed by atoms with E-state index >= 15 is 0 Å². The van der Waals surface area contributed by atoms with Crippen LogP contribution in [0.1, 0.15) is 30.7 Å². The van der Waals surface area contributed by atoms with Crippen LogP contribution in [0.25, 0.3) is 0 Å². The smallest absolute Gasteiger partial charge is 0.191 e. The first-order valence-electron chi connectivity index (χ1n) is 7.63. The summed E-state index contributed by atoms with van der Waals surface area (Å²) in [4.78, 5) is 8.62. The van der Waals surface area contributed by atoms with Crippen molar-refractivity contribution in [2.45, 2.75) is 33.2 Å². The first-order valence-corrected chi connectivity index (χ1v) is 8.51. The Morgan fingerprint density at radius 3 is 3.00 bits per heavy atom. The molecule has 0 saturated carbocycles. The maximum absolute atomic E-state index is 4.52. The Labute approximate surface area is 149 Å². The standard InChI is InChI=1S/C15H26N4S.HI/c1-3-7-17-15(16-4-2)18-8-10-19-9-5-14-13(12-19)6-11-20-14;/h6,11H,3-5,7-10,12H2,1-2H3,(H2,16,17,18);1H. The van der Waals surface area contributed by atoms with Crippen molar-refractivity contribution in [3.8, 4) is 0 Å². The Morgan fingerprint density at radius 2 is 2.24 bits per heavy atom. The molecule has 0 fully saturated rings. The molecule has 2 rings (SSSR count). The molecule has 0 atom stereocenters. The molecule has 0 aliphatic carbocycles. The third kappa shape index (κ3) is 6.12. The quantitative estimate of drug-likeness (QED) is 0.421. The van der Waals surface area contributed by atoms with Crippen molar-refractivity contribution in [1.29, 1.82) is 0 Å². The lowest BCUT2D eigenvalue weighted by molar-refractivity contribution is 0.260. The molecule has 6 heteroatoms. The topological polar surface area (TPSA) is 39.7 Å². The van der Waals surface area contributed by atoms with E-state index in [1.54, 1.807) is 4.88 Å². The first-order chi connectivity index (χ1) is 9.83. The van der Waals surface area contributed by atoms with Gasteiger partial charge in [-0.25, -0.2) is 0 Å². The Hall–Kier alpha value is -0.340. The van der Waals surface area contributed by atoms with Gasteiger partial charge in [-0.3, -0.25) is 9.89 Å². The van der Waals surface area contributed by atoms with Gasteiger partial charge in [0.05, 0.1) is 0 Å². The molecule has 21 heavy (non-hydrogen) atoms. The minimum Gasteiger partial charge on any atom is -0.357 e. The molecule has 2 heterocycles. The van der Waals surface area contributed by atoms with Gasteiger partial charge in [0.25, 0.3) is 0 Å². The van der Waals surface area contributed by atoms with E-state index in [4.69, 9.17) is 0 Å². The molecule has 2 N–H and O–H groups in total. The van der Waals surface area contributed by atoms with Crippen LogP contribution < -0.4 is 10.6 Å². The highest BCUT2D eigenvalue weighted by Gasteiger charge is 2.16. The predicted octanol–water partition coefficient (Wildman–Crippen LogP) is 2.69. The zero-order valence-electron chi connectivity index (χ0n) is 13.0. The molecule has 1 aromatic heterocycles. The number of halogens is 1. The monoisotopic (exact) mass is 422 g/mol. The number of aliphatic imine (C=N–C) groups is 1. The van der Waals surface area contributed by atoms with Crippen molar-refractivity contribution in [2.75, 3.05) is 32.7 Å². The summed E-state index contributed by atoms with van der Waals surface area (Å²) < 4.78 is 0. The summed E-state index contributed by atoms with van der Waals surface area (Å²) in [6, 6.07) is 2.27. The number of nitrogens with one attached hydrogen (secondary N) is 2. The molecule has 1 aromatic rings. The molecule has 0 radical (unpaired) electrons. The van der Waals surface area contributed by atoms with Crippen molar-refractivity contribution in [2.24, 2.45) is 4.99 Å². The van der Waals surface area contributed by atoms with Crippen LogP contribution in [0.5, 0.6) is 0 Å². The molecular weight excluding hydrogens is 395 g/mol. The highest BCUT2D eigenvalue weighted by Crippen LogP contribution is 2.23. The lowest BCUT2D eigenvalue weighted by atomic mass is 10.1. The maximum Gasteiger partial charge on any atom is 0.191 e. The fraction of sp³-hybridized carbons (Fsp3) is 0.667. The summed E-state index contributed by atoms with van der Waals surface area (Å²) in [7, 11) is 0. The number of thiophene rings is 1. The molecule has 120 valence electrons. The van der Waals surface area contributed by atoms with Gasteiger partial charge in [-0.15, -0.1) is 35.3 Å². The van der Waals surface area contributed by atoms with Gasteiger partial charge >= 0.3 is 0 Å². The van der Waals surface area contributed by atoms with E-state index in [1.807, 2.05) is 11.3 Å². The van der Waals surface area contributed by atoms with Crippen LogP contribution >= 0.6 is 35.3 Å². The fourth-order valence-electron chi connectivity index (χ4n) is 2.40. The Bertz CT molecular complexity index is 433. The van der Waals surface area contributed by atoms with Gasteiger partial charge in [0.15, 0.2) is 5.96 Å². The van der Waals surface area contributed by atoms with Crippen LogP contribution in [-0.2, 0) is 13.0 Å². The number of fused-ring (bicyclic) bond motifs is 1. The second-order valence-electron chi connectivity index (χ2n) is 5.08. The van der Waals surface area contributed by atoms with Gasteiger partial charge in [-0.2, -0.15) is 0 Å². The maximum atomic E-state index is 4.52. The van der Waals surface area contributed by atoms with Gasteiger partial charge < -0.3 is 10.6 Å². The third-order valence-electron chi connectivity index (χ3n) is 3.44. The number of hydrogen-bond donors (Lipinski definition) is 2. The van der Waals surface area contributed by atoms with E-state index in [2.05, 4.69) is 45.8 Å². The zero-order chi connectivity index (χ0) is 14.2. The zero-order valence-corrected chi connectivity index (χ0v) is 16.2. The minimum absolute atomic E-state index is 0. The second-order valence-corrected chi connectivity index (χ2v) is 6.08. The first kappa shape index (κ1) is 18.7. The van der Waals surface area contributed by atoms with Crippen molar-refractivity contribution in [3.05, 3.63) is 21.9 Å². The van der Waals surface area contributed by atoms with E-state index < -0.39 is 0 Å². The number of nitrogens with zero attached hydrogens (tertiary/aromatic N) is 2. The van der Waals surface area contributed by atoms with Crippen LogP contribution in [0.4, 0.5) is 0 Å². The molecule has 4 nitrogen and oxygen atoms in total. The summed E-state index contributed by atoms with van der Waals surface area (Å²) in [5, 5.41) is 8.92. The highest BCUT2D eigenvalue weighted by atomic mass is 127. The van der Waals surface area contributed by atoms with Crippen LogP contribution in [0.3, 0.4) is 0 Å². The van der Waals surface area contributed by atoms with E-state index in [0.29, 0.717) is 0 Å². The molecule has 0 spiro atoms. The largest absolute Gasteiger partial charge is 0.357 e. The summed E-state index contributed by atoms with van der Waals surface area (Å²) in [6.07, 6.45) is 2.29. The molecular formula is C15H27IN4S. The van der Waals surface area contributed by atoms with Crippen LogP contribution in [0, 0.1) is 0 Å². The van der Waals surface area contributed by atoms with Gasteiger partial charge in [0, 0.05) is 44.1 Å². The van der Waals surface area contributed by atoms with Crippen molar-refractivity contribution >= 4 is 41.3 Å². The lowest BCUT2D eigenvalue weighted by Gasteiger charge is -2.27. The fourth-order valence-corrected chi connectivity index (χ4v) is 3.29. The van der Waals surface area contributed by atoms with Crippen LogP contribution in [0.15, 0.2) is 16.4 Å². The molecule has 0 amide bonds. The molecule has 0 unspecified atom stereocenters. The lowest BCUT2D eigenvalue weighted by Crippen LogP contribution is -2.42. The molecule has 0 bridgehead atoms. The molecule has 1 aliphatic rings. The summed E-state index contributed by atoms with van der Waals surface area (Å²) in [6.45, 7) is 10.4. The number of guanidine groups is 1. The van der Waals surface area contributed by atoms with Crippen molar-refractivity contribution in [1.82, 2.24) is 15.5 Å². The molecule has 0 saturated heterocycles. The minimum atomic E-state index is 0. The van der Waals surface area contributed by atoms with Crippen molar-refractivity contribution in [3.63, 3.8) is 0 Å². The van der Waals surface area contributed by atoms with E-state index in [0.717, 1.165) is 45.1 Å². The van der Waals surface area contributed by atoms with E-state index in [9.17, 15) is 0 Å². The highest BCUT2D eigenvalue weighted by molar-refractivity contribution is 14.0. The summed E-state index contributed by atoms with van der Waals surface area (Å²) in [5.41, 5.74) is 1.52. The Morgan fingerprint density at radius 1 is 1.38 bits per heavy atom. The van der Waals surface area contributed by atoms with E-state index in [-0.39, 0.29) is 24.0 Å². The Balaban J connectivity index is 0.00000220.